The Hall–Kier alpha value is -5.04. The van der Waals surface area contributed by atoms with Crippen LogP contribution in [0.1, 0.15) is 310 Å². The van der Waals surface area contributed by atoms with Crippen molar-refractivity contribution in [3.05, 3.63) is 228 Å². The Morgan fingerprint density at radius 1 is 0.209 bits per heavy atom. The topological polar surface area (TPSA) is 116 Å². The SMILES string of the molecule is CC(C)c1cccc(C(C)C)c1N=N[N-]c1c(C(C)C)cccc1C(C)C.CC(C)c1cccc(C(C)C)c1N=N[N-]c1c(C(C)C)cccc1C(C)C.CC(C)c1cccc(C(C)C)c1N=N[N-]c1c(C(C)C)cccc1C(C)C.Cc1ccccc1.[Ag+].[Ag+].[Ag+]. The van der Waals surface area contributed by atoms with Gasteiger partial charge in [0.2, 0.25) is 0 Å². The van der Waals surface area contributed by atoms with Crippen LogP contribution in [0.3, 0.4) is 0 Å². The van der Waals surface area contributed by atoms with E-state index >= 15 is 0 Å². The Balaban J connectivity index is 0.000000635. The molecule has 0 heterocycles. The summed E-state index contributed by atoms with van der Waals surface area (Å²) in [5, 5.41) is 26.8. The van der Waals surface area contributed by atoms with Crippen LogP contribution in [0.2, 0.25) is 0 Å². The Labute approximate surface area is 599 Å². The van der Waals surface area contributed by atoms with E-state index in [9.17, 15) is 0 Å². The second kappa shape index (κ2) is 41.6. The number of nitrogens with zero attached hydrogens (tertiary/aromatic N) is 9. The van der Waals surface area contributed by atoms with Gasteiger partial charge in [0, 0.05) is 0 Å². The van der Waals surface area contributed by atoms with Gasteiger partial charge in [-0.25, -0.2) is 0 Å². The minimum Gasteiger partial charge on any atom is -0.350 e. The first kappa shape index (κ1) is 84.0. The van der Waals surface area contributed by atoms with E-state index in [1.165, 1.54) is 72.3 Å². The maximum Gasteiger partial charge on any atom is 1.00 e. The fourth-order valence-corrected chi connectivity index (χ4v) is 10.6. The number of hydrogen-bond acceptors (Lipinski definition) is 6. The molecule has 0 fully saturated rings. The molecule has 0 spiro atoms. The summed E-state index contributed by atoms with van der Waals surface area (Å²) in [5.74, 6) is 4.74. The summed E-state index contributed by atoms with van der Waals surface area (Å²) in [6.07, 6.45) is 0. The van der Waals surface area contributed by atoms with E-state index in [0.717, 1.165) is 34.1 Å². The van der Waals surface area contributed by atoms with Crippen LogP contribution in [0.15, 0.2) is 171 Å². The van der Waals surface area contributed by atoms with Gasteiger partial charge < -0.3 is 31.6 Å². The monoisotopic (exact) mass is 1510 g/mol. The first-order valence-electron chi connectivity index (χ1n) is 32.7. The molecule has 0 bridgehead atoms. The van der Waals surface area contributed by atoms with E-state index in [1.54, 1.807) is 0 Å². The van der Waals surface area contributed by atoms with Crippen molar-refractivity contribution in [3.8, 4) is 0 Å². The van der Waals surface area contributed by atoms with Crippen LogP contribution in [0.25, 0.3) is 16.3 Å². The van der Waals surface area contributed by atoms with Crippen molar-refractivity contribution < 1.29 is 67.1 Å². The smallest absolute Gasteiger partial charge is 0.350 e. The summed E-state index contributed by atoms with van der Waals surface area (Å²) in [5.41, 5.74) is 35.6. The molecule has 7 aromatic rings. The number of benzene rings is 7. The molecule has 7 aromatic carbocycles. The summed E-state index contributed by atoms with van der Waals surface area (Å²) < 4.78 is 0. The molecule has 0 saturated heterocycles. The third-order valence-electron chi connectivity index (χ3n) is 15.9. The summed E-state index contributed by atoms with van der Waals surface area (Å²) in [7, 11) is 0. The van der Waals surface area contributed by atoms with Crippen molar-refractivity contribution in [2.75, 3.05) is 0 Å². The molecular weight excluding hydrogens is 1400 g/mol. The molecule has 91 heavy (non-hydrogen) atoms. The van der Waals surface area contributed by atoms with E-state index in [4.69, 9.17) is 0 Å². The van der Waals surface area contributed by atoms with Gasteiger partial charge in [0.05, 0.1) is 0 Å². The van der Waals surface area contributed by atoms with Crippen molar-refractivity contribution in [1.82, 2.24) is 0 Å². The molecule has 0 unspecified atom stereocenters. The van der Waals surface area contributed by atoms with Crippen LogP contribution >= 0.6 is 0 Å². The molecule has 0 atom stereocenters. The summed E-state index contributed by atoms with van der Waals surface area (Å²) >= 11 is 0. The summed E-state index contributed by atoms with van der Waals surface area (Å²) in [6, 6.07) is 48.7. The average Bonchev–Trinajstić information content (AvgIpc) is 3.68. The molecule has 0 amide bonds. The number of rotatable bonds is 21. The molecule has 7 rings (SSSR count). The first-order valence-corrected chi connectivity index (χ1v) is 32.7. The average molecular weight is 1510 g/mol. The van der Waals surface area contributed by atoms with E-state index < -0.39 is 0 Å². The quantitative estimate of drug-likeness (QED) is 0.0387. The molecular formula is C79H110Ag3N9. The summed E-state index contributed by atoms with van der Waals surface area (Å²) in [4.78, 5) is 0. The standard InChI is InChI=1S/3C24H34N3.C7H8.3Ag/c3*1-15(2)19-11-9-12-20(16(3)4)23(19)25-27-26-24-21(17(5)6)13-10-14-22(24)18(7)8;1-7-5-3-2-4-6-7;;;/h3*9-18H,1-8H3;2-6H,1H3;;;/q3*-1;;3*+1. The predicted octanol–water partition coefficient (Wildman–Crippen LogP) is 28.6. The maximum atomic E-state index is 4.60. The van der Waals surface area contributed by atoms with Gasteiger partial charge in [-0.2, -0.15) is 0 Å². The normalized spacial score (nSPS) is 11.5. The molecule has 0 aliphatic carbocycles. The maximum absolute atomic E-state index is 4.60. The van der Waals surface area contributed by atoms with Gasteiger partial charge >= 0.3 is 67.1 Å². The van der Waals surface area contributed by atoms with Gasteiger partial charge in [-0.05, 0) is 179 Å². The van der Waals surface area contributed by atoms with Crippen molar-refractivity contribution in [3.63, 3.8) is 0 Å². The van der Waals surface area contributed by atoms with Crippen LogP contribution in [-0.4, -0.2) is 0 Å². The first-order chi connectivity index (χ1) is 41.6. The molecule has 9 nitrogen and oxygen atoms in total. The second-order valence-corrected chi connectivity index (χ2v) is 27.1. The minimum absolute atomic E-state index is 0. The van der Waals surface area contributed by atoms with Crippen molar-refractivity contribution in [1.29, 1.82) is 0 Å². The van der Waals surface area contributed by atoms with Crippen LogP contribution in [-0.2, 0) is 67.1 Å². The second-order valence-electron chi connectivity index (χ2n) is 27.1. The zero-order valence-corrected chi connectivity index (χ0v) is 64.1. The predicted molar refractivity (Wildman–Crippen MR) is 382 cm³/mol. The van der Waals surface area contributed by atoms with E-state index in [2.05, 4.69) is 342 Å². The largest absolute Gasteiger partial charge is 1.00 e. The van der Waals surface area contributed by atoms with Crippen molar-refractivity contribution in [2.24, 2.45) is 31.0 Å². The van der Waals surface area contributed by atoms with Gasteiger partial charge in [-0.3, -0.25) is 15.7 Å². The number of aryl methyl sites for hydroxylation is 1. The Morgan fingerprint density at radius 3 is 0.495 bits per heavy atom. The molecule has 0 aliphatic rings. The van der Waals surface area contributed by atoms with Gasteiger partial charge in [0.15, 0.2) is 0 Å². The zero-order valence-electron chi connectivity index (χ0n) is 59.6. The third-order valence-corrected chi connectivity index (χ3v) is 15.9. The van der Waals surface area contributed by atoms with E-state index in [-0.39, 0.29) is 67.1 Å². The van der Waals surface area contributed by atoms with Crippen molar-refractivity contribution in [2.45, 2.75) is 244 Å². The number of hydrogen-bond donors (Lipinski definition) is 0. The molecule has 12 heteroatoms. The van der Waals surface area contributed by atoms with Crippen molar-refractivity contribution >= 4 is 34.1 Å². The van der Waals surface area contributed by atoms with Gasteiger partial charge in [0.25, 0.3) is 0 Å². The molecule has 0 saturated carbocycles. The Morgan fingerprint density at radius 2 is 0.363 bits per heavy atom. The van der Waals surface area contributed by atoms with Crippen LogP contribution in [0.4, 0.5) is 34.1 Å². The van der Waals surface area contributed by atoms with Gasteiger partial charge in [-0.1, -0.05) is 311 Å². The molecule has 0 radical (unpaired) electrons. The minimum atomic E-state index is 0. The molecule has 0 aromatic heterocycles. The van der Waals surface area contributed by atoms with E-state index in [1.807, 2.05) is 18.2 Å². The van der Waals surface area contributed by atoms with Gasteiger partial charge in [-0.15, -0.1) is 0 Å². The van der Waals surface area contributed by atoms with Crippen LogP contribution in [0, 0.1) is 6.92 Å². The summed E-state index contributed by atoms with van der Waals surface area (Å²) in [6.45, 7) is 54.8. The molecule has 504 valence electrons. The van der Waals surface area contributed by atoms with Gasteiger partial charge in [0.1, 0.15) is 0 Å². The Kier molecular flexibility index (Phi) is 38.4. The van der Waals surface area contributed by atoms with E-state index in [0.29, 0.717) is 71.0 Å². The molecule has 0 aliphatic heterocycles. The Bertz CT molecular complexity index is 2860. The molecule has 0 N–H and O–H groups in total. The third kappa shape index (κ3) is 25.0. The zero-order chi connectivity index (χ0) is 65.5. The van der Waals surface area contributed by atoms with Crippen LogP contribution in [0.5, 0.6) is 0 Å². The van der Waals surface area contributed by atoms with Crippen LogP contribution < -0.4 is 0 Å². The fraction of sp³-hybridized carbons (Fsp3) is 0.468. The fourth-order valence-electron chi connectivity index (χ4n) is 10.6.